The van der Waals surface area contributed by atoms with Gasteiger partial charge >= 0.3 is 0 Å². The Bertz CT molecular complexity index is 431. The molecule has 3 N–H and O–H groups in total. The normalized spacial score (nSPS) is 14.2. The highest BCUT2D eigenvalue weighted by atomic mass is 16.1. The van der Waals surface area contributed by atoms with Crippen LogP contribution in [0.5, 0.6) is 0 Å². The number of nitrogens with one attached hydrogen (secondary N) is 1. The number of anilines is 1. The molecule has 0 aliphatic heterocycles. The first-order chi connectivity index (χ1) is 9.26. The van der Waals surface area contributed by atoms with Gasteiger partial charge in [0.1, 0.15) is 5.69 Å². The van der Waals surface area contributed by atoms with Crippen molar-refractivity contribution in [3.05, 3.63) is 24.0 Å². The fraction of sp³-hybridized carbons (Fsp3) is 0.571. The van der Waals surface area contributed by atoms with Gasteiger partial charge in [0.15, 0.2) is 0 Å². The van der Waals surface area contributed by atoms with Crippen molar-refractivity contribution in [2.45, 2.75) is 32.2 Å². The molecule has 5 heteroatoms. The number of nitrogens with two attached hydrogens (primary N) is 1. The summed E-state index contributed by atoms with van der Waals surface area (Å²) in [5.74, 6) is -0.112. The van der Waals surface area contributed by atoms with Gasteiger partial charge in [0.05, 0.1) is 0 Å². The summed E-state index contributed by atoms with van der Waals surface area (Å²) in [5, 5.41) is 2.78. The van der Waals surface area contributed by atoms with E-state index in [0.717, 1.165) is 18.7 Å². The quantitative estimate of drug-likeness (QED) is 0.773. The molecule has 1 saturated carbocycles. The van der Waals surface area contributed by atoms with Crippen LogP contribution in [0.15, 0.2) is 18.3 Å². The van der Waals surface area contributed by atoms with Crippen LogP contribution >= 0.6 is 0 Å². The van der Waals surface area contributed by atoms with Gasteiger partial charge in [0, 0.05) is 31.0 Å². The molecule has 1 heterocycles. The molecule has 0 bridgehead atoms. The van der Waals surface area contributed by atoms with E-state index in [0.29, 0.717) is 24.8 Å². The second kappa shape index (κ2) is 6.52. The Morgan fingerprint density at radius 3 is 3.00 bits per heavy atom. The summed E-state index contributed by atoms with van der Waals surface area (Å²) in [6, 6.07) is 4.45. The summed E-state index contributed by atoms with van der Waals surface area (Å²) in [6.45, 7) is 4.15. The number of pyridine rings is 1. The number of aromatic nitrogens is 1. The Labute approximate surface area is 114 Å². The number of nitrogens with zero attached hydrogens (tertiary/aromatic N) is 2. The molecule has 5 nitrogen and oxygen atoms in total. The van der Waals surface area contributed by atoms with E-state index in [1.807, 2.05) is 19.1 Å². The predicted octanol–water partition coefficient (Wildman–Crippen LogP) is 1.15. The minimum atomic E-state index is -0.112. The minimum Gasteiger partial charge on any atom is -0.368 e. The first kappa shape index (κ1) is 13.8. The van der Waals surface area contributed by atoms with Crippen LogP contribution in [-0.4, -0.2) is 36.6 Å². The third-order valence-corrected chi connectivity index (χ3v) is 3.24. The van der Waals surface area contributed by atoms with Gasteiger partial charge in [-0.2, -0.15) is 0 Å². The van der Waals surface area contributed by atoms with E-state index < -0.39 is 0 Å². The van der Waals surface area contributed by atoms with Crippen LogP contribution < -0.4 is 16.0 Å². The monoisotopic (exact) mass is 262 g/mol. The van der Waals surface area contributed by atoms with Crippen LogP contribution in [-0.2, 0) is 0 Å². The second-order valence-corrected chi connectivity index (χ2v) is 4.83. The van der Waals surface area contributed by atoms with Crippen LogP contribution in [0.25, 0.3) is 0 Å². The van der Waals surface area contributed by atoms with Crippen LogP contribution in [0.4, 0.5) is 5.69 Å². The first-order valence-corrected chi connectivity index (χ1v) is 6.97. The zero-order chi connectivity index (χ0) is 13.7. The average Bonchev–Trinajstić information content (AvgIpc) is 3.24. The summed E-state index contributed by atoms with van der Waals surface area (Å²) in [7, 11) is 0. The Balaban J connectivity index is 2.13. The lowest BCUT2D eigenvalue weighted by molar-refractivity contribution is 0.0951. The highest BCUT2D eigenvalue weighted by molar-refractivity contribution is 5.93. The topological polar surface area (TPSA) is 71.2 Å². The summed E-state index contributed by atoms with van der Waals surface area (Å²) < 4.78 is 0. The second-order valence-electron chi connectivity index (χ2n) is 4.83. The molecule has 104 valence electrons. The Morgan fingerprint density at radius 2 is 2.37 bits per heavy atom. The molecule has 1 aliphatic carbocycles. The molecule has 1 amide bonds. The van der Waals surface area contributed by atoms with Crippen molar-refractivity contribution in [2.24, 2.45) is 5.73 Å². The molecule has 0 radical (unpaired) electrons. The lowest BCUT2D eigenvalue weighted by Gasteiger charge is -2.24. The molecule has 2 rings (SSSR count). The standard InChI is InChI=1S/C14H22N4O/c1-2-16-14(19)13-10-12(6-8-17-13)18(9-3-7-15)11-4-5-11/h6,8,10-11H,2-5,7,9,15H2,1H3,(H,16,19). The SMILES string of the molecule is CCNC(=O)c1cc(N(CCCN)C2CC2)ccn1. The molecule has 0 spiro atoms. The molecule has 1 aromatic heterocycles. The van der Waals surface area contributed by atoms with Crippen LogP contribution in [0.3, 0.4) is 0 Å². The number of rotatable bonds is 7. The summed E-state index contributed by atoms with van der Waals surface area (Å²) in [4.78, 5) is 18.3. The average molecular weight is 262 g/mol. The number of carbonyl (C=O) groups is 1. The van der Waals surface area contributed by atoms with E-state index in [2.05, 4.69) is 15.2 Å². The van der Waals surface area contributed by atoms with Gasteiger partial charge in [-0.3, -0.25) is 9.78 Å². The Morgan fingerprint density at radius 1 is 1.58 bits per heavy atom. The van der Waals surface area contributed by atoms with Gasteiger partial charge in [-0.25, -0.2) is 0 Å². The molecular weight excluding hydrogens is 240 g/mol. The van der Waals surface area contributed by atoms with Gasteiger partial charge < -0.3 is 16.0 Å². The van der Waals surface area contributed by atoms with Crippen LogP contribution in [0.2, 0.25) is 0 Å². The van der Waals surface area contributed by atoms with Gasteiger partial charge in [-0.05, 0) is 44.9 Å². The smallest absolute Gasteiger partial charge is 0.269 e. The molecular formula is C14H22N4O. The number of hydrogen-bond donors (Lipinski definition) is 2. The van der Waals surface area contributed by atoms with Gasteiger partial charge in [-0.15, -0.1) is 0 Å². The van der Waals surface area contributed by atoms with Crippen molar-refractivity contribution >= 4 is 11.6 Å². The summed E-state index contributed by atoms with van der Waals surface area (Å²) in [6.07, 6.45) is 5.12. The van der Waals surface area contributed by atoms with Crippen molar-refractivity contribution in [1.29, 1.82) is 0 Å². The zero-order valence-electron chi connectivity index (χ0n) is 11.4. The predicted molar refractivity (Wildman–Crippen MR) is 76.3 cm³/mol. The Kier molecular flexibility index (Phi) is 4.74. The summed E-state index contributed by atoms with van der Waals surface area (Å²) >= 11 is 0. The molecule has 0 saturated heterocycles. The highest BCUT2D eigenvalue weighted by Crippen LogP contribution is 2.31. The highest BCUT2D eigenvalue weighted by Gasteiger charge is 2.29. The van der Waals surface area contributed by atoms with Crippen molar-refractivity contribution in [3.8, 4) is 0 Å². The van der Waals surface area contributed by atoms with E-state index in [4.69, 9.17) is 5.73 Å². The van der Waals surface area contributed by atoms with Gasteiger partial charge in [0.2, 0.25) is 0 Å². The van der Waals surface area contributed by atoms with E-state index in [1.54, 1.807) is 6.20 Å². The van der Waals surface area contributed by atoms with Crippen molar-refractivity contribution < 1.29 is 4.79 Å². The summed E-state index contributed by atoms with van der Waals surface area (Å²) in [5.41, 5.74) is 7.15. The lowest BCUT2D eigenvalue weighted by Crippen LogP contribution is -2.29. The fourth-order valence-electron chi connectivity index (χ4n) is 2.14. The molecule has 1 fully saturated rings. The zero-order valence-corrected chi connectivity index (χ0v) is 11.4. The van der Waals surface area contributed by atoms with E-state index in [-0.39, 0.29) is 5.91 Å². The molecule has 19 heavy (non-hydrogen) atoms. The van der Waals surface area contributed by atoms with Crippen molar-refractivity contribution in [1.82, 2.24) is 10.3 Å². The maximum Gasteiger partial charge on any atom is 0.269 e. The largest absolute Gasteiger partial charge is 0.368 e. The molecule has 0 aromatic carbocycles. The van der Waals surface area contributed by atoms with Crippen molar-refractivity contribution in [2.75, 3.05) is 24.5 Å². The van der Waals surface area contributed by atoms with Crippen LogP contribution in [0, 0.1) is 0 Å². The molecule has 1 aromatic rings. The van der Waals surface area contributed by atoms with Gasteiger partial charge in [-0.1, -0.05) is 0 Å². The third kappa shape index (κ3) is 3.67. The number of hydrogen-bond acceptors (Lipinski definition) is 4. The fourth-order valence-corrected chi connectivity index (χ4v) is 2.14. The number of amides is 1. The first-order valence-electron chi connectivity index (χ1n) is 6.97. The number of carbonyl (C=O) groups excluding carboxylic acids is 1. The van der Waals surface area contributed by atoms with Gasteiger partial charge in [0.25, 0.3) is 5.91 Å². The Hall–Kier alpha value is -1.62. The molecule has 0 unspecified atom stereocenters. The maximum absolute atomic E-state index is 11.8. The maximum atomic E-state index is 11.8. The lowest BCUT2D eigenvalue weighted by atomic mass is 10.2. The minimum absolute atomic E-state index is 0.112. The third-order valence-electron chi connectivity index (χ3n) is 3.24. The van der Waals surface area contributed by atoms with Crippen molar-refractivity contribution in [3.63, 3.8) is 0 Å². The molecule has 1 aliphatic rings. The molecule has 0 atom stereocenters. The van der Waals surface area contributed by atoms with E-state index in [1.165, 1.54) is 12.8 Å². The van der Waals surface area contributed by atoms with E-state index >= 15 is 0 Å². The van der Waals surface area contributed by atoms with E-state index in [9.17, 15) is 4.79 Å². The van der Waals surface area contributed by atoms with Crippen LogP contribution in [0.1, 0.15) is 36.7 Å².